The predicted octanol–water partition coefficient (Wildman–Crippen LogP) is 5.72. The molecule has 142 valence electrons. The quantitative estimate of drug-likeness (QED) is 0.417. The van der Waals surface area contributed by atoms with Gasteiger partial charge in [-0.1, -0.05) is 78.9 Å². The van der Waals surface area contributed by atoms with Crippen LogP contribution in [0, 0.1) is 0 Å². The minimum Gasteiger partial charge on any atom is -0.465 e. The molecule has 0 N–H and O–H groups in total. The molecule has 0 amide bonds. The molecule has 0 fully saturated rings. The Morgan fingerprint density at radius 2 is 1.31 bits per heavy atom. The van der Waals surface area contributed by atoms with Gasteiger partial charge in [-0.25, -0.2) is 4.79 Å². The molecule has 0 bridgehead atoms. The standard InChI is InChI=1S/C26H21NO2/c1-29-26(28)22-17-15-19(16-18-22)23-13-8-14-24(27-23)25(20-9-4-2-5-10-20)21-11-6-3-7-12-21/h2-18,25H,1H3. The number of aromatic nitrogens is 1. The molecule has 3 aromatic carbocycles. The number of benzene rings is 3. The summed E-state index contributed by atoms with van der Waals surface area (Å²) in [4.78, 5) is 16.7. The van der Waals surface area contributed by atoms with Crippen molar-refractivity contribution in [3.8, 4) is 11.3 Å². The van der Waals surface area contributed by atoms with Crippen molar-refractivity contribution in [2.24, 2.45) is 0 Å². The van der Waals surface area contributed by atoms with Crippen LogP contribution >= 0.6 is 0 Å². The molecule has 0 aliphatic heterocycles. The van der Waals surface area contributed by atoms with Gasteiger partial charge in [0.15, 0.2) is 0 Å². The highest BCUT2D eigenvalue weighted by Gasteiger charge is 2.18. The number of rotatable bonds is 5. The van der Waals surface area contributed by atoms with E-state index in [1.165, 1.54) is 18.2 Å². The van der Waals surface area contributed by atoms with Crippen LogP contribution in [0.4, 0.5) is 0 Å². The van der Waals surface area contributed by atoms with Gasteiger partial charge in [0, 0.05) is 5.56 Å². The highest BCUT2D eigenvalue weighted by Crippen LogP contribution is 2.32. The Balaban J connectivity index is 1.75. The van der Waals surface area contributed by atoms with Gasteiger partial charge in [0.25, 0.3) is 0 Å². The van der Waals surface area contributed by atoms with Gasteiger partial charge in [-0.3, -0.25) is 4.98 Å². The molecule has 1 heterocycles. The number of methoxy groups -OCH3 is 1. The first-order valence-electron chi connectivity index (χ1n) is 9.52. The zero-order valence-electron chi connectivity index (χ0n) is 16.2. The number of nitrogens with zero attached hydrogens (tertiary/aromatic N) is 1. The second kappa shape index (κ2) is 8.53. The highest BCUT2D eigenvalue weighted by atomic mass is 16.5. The molecule has 0 saturated heterocycles. The number of pyridine rings is 1. The molecule has 0 atom stereocenters. The molecule has 1 aromatic heterocycles. The molecule has 0 spiro atoms. The number of carbonyl (C=O) groups excluding carboxylic acids is 1. The van der Waals surface area contributed by atoms with Crippen LogP contribution in [0.25, 0.3) is 11.3 Å². The average molecular weight is 379 g/mol. The molecule has 3 heteroatoms. The van der Waals surface area contributed by atoms with Crippen molar-refractivity contribution < 1.29 is 9.53 Å². The van der Waals surface area contributed by atoms with Crippen LogP contribution in [-0.2, 0) is 4.74 Å². The zero-order chi connectivity index (χ0) is 20.1. The van der Waals surface area contributed by atoms with Crippen molar-refractivity contribution in [1.29, 1.82) is 0 Å². The van der Waals surface area contributed by atoms with Crippen LogP contribution < -0.4 is 0 Å². The molecule has 29 heavy (non-hydrogen) atoms. The number of ether oxygens (including phenoxy) is 1. The Bertz CT molecular complexity index is 1050. The van der Waals surface area contributed by atoms with Crippen LogP contribution in [0.1, 0.15) is 33.1 Å². The van der Waals surface area contributed by atoms with Crippen LogP contribution in [-0.4, -0.2) is 18.1 Å². The van der Waals surface area contributed by atoms with Crippen LogP contribution in [0.15, 0.2) is 103 Å². The maximum atomic E-state index is 11.7. The van der Waals surface area contributed by atoms with E-state index in [0.717, 1.165) is 17.0 Å². The van der Waals surface area contributed by atoms with Crippen LogP contribution in [0.2, 0.25) is 0 Å². The normalized spacial score (nSPS) is 10.7. The van der Waals surface area contributed by atoms with Crippen molar-refractivity contribution in [2.45, 2.75) is 5.92 Å². The van der Waals surface area contributed by atoms with E-state index in [1.807, 2.05) is 36.4 Å². The van der Waals surface area contributed by atoms with Crippen LogP contribution in [0.3, 0.4) is 0 Å². The molecule has 4 aromatic rings. The van der Waals surface area contributed by atoms with E-state index in [2.05, 4.69) is 54.6 Å². The molecule has 3 nitrogen and oxygen atoms in total. The minimum absolute atomic E-state index is 0.0479. The molecular formula is C26H21NO2. The Morgan fingerprint density at radius 1 is 0.724 bits per heavy atom. The van der Waals surface area contributed by atoms with E-state index < -0.39 is 0 Å². The Labute approximate surface area is 170 Å². The van der Waals surface area contributed by atoms with E-state index >= 15 is 0 Å². The van der Waals surface area contributed by atoms with Gasteiger partial charge in [-0.15, -0.1) is 0 Å². The van der Waals surface area contributed by atoms with E-state index in [0.29, 0.717) is 5.56 Å². The minimum atomic E-state index is -0.341. The molecule has 0 unspecified atom stereocenters. The third-order valence-corrected chi connectivity index (χ3v) is 4.93. The predicted molar refractivity (Wildman–Crippen MR) is 115 cm³/mol. The summed E-state index contributed by atoms with van der Waals surface area (Å²) in [6.07, 6.45) is 0. The van der Waals surface area contributed by atoms with Crippen LogP contribution in [0.5, 0.6) is 0 Å². The van der Waals surface area contributed by atoms with Crippen molar-refractivity contribution in [2.75, 3.05) is 7.11 Å². The lowest BCUT2D eigenvalue weighted by molar-refractivity contribution is 0.0601. The number of hydrogen-bond acceptors (Lipinski definition) is 3. The van der Waals surface area contributed by atoms with Gasteiger partial charge >= 0.3 is 5.97 Å². The maximum Gasteiger partial charge on any atom is 0.337 e. The largest absolute Gasteiger partial charge is 0.465 e. The number of carbonyl (C=O) groups is 1. The molecule has 0 aliphatic carbocycles. The van der Waals surface area contributed by atoms with Crippen molar-refractivity contribution in [3.63, 3.8) is 0 Å². The molecule has 0 radical (unpaired) electrons. The summed E-state index contributed by atoms with van der Waals surface area (Å²) in [6.45, 7) is 0. The summed E-state index contributed by atoms with van der Waals surface area (Å²) >= 11 is 0. The summed E-state index contributed by atoms with van der Waals surface area (Å²) in [7, 11) is 1.38. The lowest BCUT2D eigenvalue weighted by atomic mass is 9.88. The molecular weight excluding hydrogens is 358 g/mol. The first-order valence-corrected chi connectivity index (χ1v) is 9.52. The molecule has 4 rings (SSSR count). The summed E-state index contributed by atoms with van der Waals surface area (Å²) in [5.41, 5.74) is 5.74. The Kier molecular flexibility index (Phi) is 5.48. The zero-order valence-corrected chi connectivity index (χ0v) is 16.2. The Hall–Kier alpha value is -3.72. The Morgan fingerprint density at radius 3 is 1.86 bits per heavy atom. The topological polar surface area (TPSA) is 39.2 Å². The number of esters is 1. The monoisotopic (exact) mass is 379 g/mol. The van der Waals surface area contributed by atoms with Crippen molar-refractivity contribution in [1.82, 2.24) is 4.98 Å². The van der Waals surface area contributed by atoms with E-state index in [1.54, 1.807) is 12.1 Å². The van der Waals surface area contributed by atoms with Crippen molar-refractivity contribution >= 4 is 5.97 Å². The molecule has 0 aliphatic rings. The lowest BCUT2D eigenvalue weighted by Gasteiger charge is -2.18. The van der Waals surface area contributed by atoms with Gasteiger partial charge in [-0.05, 0) is 35.4 Å². The first kappa shape index (κ1) is 18.6. The highest BCUT2D eigenvalue weighted by molar-refractivity contribution is 5.89. The van der Waals surface area contributed by atoms with Gasteiger partial charge in [0.05, 0.1) is 30.0 Å². The summed E-state index contributed by atoms with van der Waals surface area (Å²) in [5.74, 6) is -0.293. The van der Waals surface area contributed by atoms with E-state index in [4.69, 9.17) is 9.72 Å². The average Bonchev–Trinajstić information content (AvgIpc) is 2.80. The van der Waals surface area contributed by atoms with Gasteiger partial charge < -0.3 is 4.74 Å². The van der Waals surface area contributed by atoms with E-state index in [-0.39, 0.29) is 11.9 Å². The fourth-order valence-electron chi connectivity index (χ4n) is 3.49. The van der Waals surface area contributed by atoms with Gasteiger partial charge in [0.1, 0.15) is 0 Å². The van der Waals surface area contributed by atoms with Crippen molar-refractivity contribution in [3.05, 3.63) is 126 Å². The third kappa shape index (κ3) is 4.09. The second-order valence-electron chi connectivity index (χ2n) is 6.77. The summed E-state index contributed by atoms with van der Waals surface area (Å²) in [5, 5.41) is 0. The second-order valence-corrected chi connectivity index (χ2v) is 6.77. The fourth-order valence-corrected chi connectivity index (χ4v) is 3.49. The number of hydrogen-bond donors (Lipinski definition) is 0. The SMILES string of the molecule is COC(=O)c1ccc(-c2cccc(C(c3ccccc3)c3ccccc3)n2)cc1. The summed E-state index contributed by atoms with van der Waals surface area (Å²) < 4.78 is 4.78. The smallest absolute Gasteiger partial charge is 0.337 e. The van der Waals surface area contributed by atoms with Gasteiger partial charge in [-0.2, -0.15) is 0 Å². The van der Waals surface area contributed by atoms with E-state index in [9.17, 15) is 4.79 Å². The van der Waals surface area contributed by atoms with Gasteiger partial charge in [0.2, 0.25) is 0 Å². The lowest BCUT2D eigenvalue weighted by Crippen LogP contribution is -2.06. The summed E-state index contributed by atoms with van der Waals surface area (Å²) in [6, 6.07) is 34.2. The third-order valence-electron chi connectivity index (χ3n) is 4.93. The fraction of sp³-hybridized carbons (Fsp3) is 0.0769. The molecule has 0 saturated carbocycles. The maximum absolute atomic E-state index is 11.7. The first-order chi connectivity index (χ1) is 14.3.